The van der Waals surface area contributed by atoms with Gasteiger partial charge in [-0.25, -0.2) is 0 Å². The van der Waals surface area contributed by atoms with E-state index in [-0.39, 0.29) is 29.8 Å². The van der Waals surface area contributed by atoms with Gasteiger partial charge in [0.05, 0.1) is 0 Å². The van der Waals surface area contributed by atoms with Crippen molar-refractivity contribution in [2.75, 3.05) is 13.2 Å². The molecule has 0 aromatic carbocycles. The Balaban J connectivity index is 1.66. The SMILES string of the molecule is O=C1CC2(CCCC2)CC(=O)N1CC1CCCC1CO. The van der Waals surface area contributed by atoms with E-state index in [9.17, 15) is 14.7 Å². The van der Waals surface area contributed by atoms with Gasteiger partial charge in [-0.1, -0.05) is 19.3 Å². The van der Waals surface area contributed by atoms with Gasteiger partial charge in [-0.2, -0.15) is 0 Å². The summed E-state index contributed by atoms with van der Waals surface area (Å²) in [5, 5.41) is 9.38. The molecule has 1 N–H and O–H groups in total. The Morgan fingerprint density at radius 2 is 1.60 bits per heavy atom. The van der Waals surface area contributed by atoms with E-state index in [4.69, 9.17) is 0 Å². The summed E-state index contributed by atoms with van der Waals surface area (Å²) >= 11 is 0. The van der Waals surface area contributed by atoms with Crippen molar-refractivity contribution < 1.29 is 14.7 Å². The van der Waals surface area contributed by atoms with E-state index in [1.165, 1.54) is 4.90 Å². The van der Waals surface area contributed by atoms with Crippen LogP contribution < -0.4 is 0 Å². The Bertz CT molecular complexity index is 381. The van der Waals surface area contributed by atoms with Crippen molar-refractivity contribution in [2.24, 2.45) is 17.3 Å². The predicted octanol–water partition coefficient (Wildman–Crippen LogP) is 2.10. The number of imide groups is 1. The third-order valence-corrected chi connectivity index (χ3v) is 5.79. The van der Waals surface area contributed by atoms with Gasteiger partial charge in [-0.15, -0.1) is 0 Å². The number of aliphatic hydroxyl groups is 1. The molecule has 2 saturated carbocycles. The summed E-state index contributed by atoms with van der Waals surface area (Å²) in [5.74, 6) is 0.655. The number of amides is 2. The minimum absolute atomic E-state index is 0.00325. The van der Waals surface area contributed by atoms with Crippen molar-refractivity contribution in [2.45, 2.75) is 57.8 Å². The van der Waals surface area contributed by atoms with Crippen molar-refractivity contribution in [3.8, 4) is 0 Å². The van der Waals surface area contributed by atoms with Crippen molar-refractivity contribution in [1.82, 2.24) is 4.90 Å². The van der Waals surface area contributed by atoms with Gasteiger partial charge in [0.15, 0.2) is 0 Å². The molecule has 1 spiro atoms. The quantitative estimate of drug-likeness (QED) is 0.805. The summed E-state index contributed by atoms with van der Waals surface area (Å²) in [4.78, 5) is 26.3. The van der Waals surface area contributed by atoms with E-state index < -0.39 is 0 Å². The molecular weight excluding hydrogens is 254 g/mol. The number of rotatable bonds is 3. The maximum atomic E-state index is 12.4. The second kappa shape index (κ2) is 5.47. The number of hydrogen-bond acceptors (Lipinski definition) is 3. The van der Waals surface area contributed by atoms with Crippen molar-refractivity contribution in [1.29, 1.82) is 0 Å². The maximum absolute atomic E-state index is 12.4. The summed E-state index contributed by atoms with van der Waals surface area (Å²) in [6.45, 7) is 0.726. The summed E-state index contributed by atoms with van der Waals surface area (Å²) in [7, 11) is 0. The molecule has 20 heavy (non-hydrogen) atoms. The van der Waals surface area contributed by atoms with Gasteiger partial charge in [-0.05, 0) is 42.9 Å². The summed E-state index contributed by atoms with van der Waals surface area (Å²) in [6.07, 6.45) is 8.71. The van der Waals surface area contributed by atoms with Crippen LogP contribution in [0.4, 0.5) is 0 Å². The van der Waals surface area contributed by atoms with E-state index in [1.807, 2.05) is 0 Å². The Labute approximate surface area is 120 Å². The first-order valence-corrected chi connectivity index (χ1v) is 8.08. The summed E-state index contributed by atoms with van der Waals surface area (Å²) < 4.78 is 0. The number of hydrogen-bond donors (Lipinski definition) is 1. The molecule has 3 rings (SSSR count). The highest BCUT2D eigenvalue weighted by Gasteiger charge is 2.45. The fourth-order valence-electron chi connectivity index (χ4n) is 4.55. The van der Waals surface area contributed by atoms with E-state index in [1.54, 1.807) is 0 Å². The van der Waals surface area contributed by atoms with Crippen LogP contribution >= 0.6 is 0 Å². The smallest absolute Gasteiger partial charge is 0.229 e. The molecule has 4 heteroatoms. The van der Waals surface area contributed by atoms with Gasteiger partial charge in [0.2, 0.25) is 11.8 Å². The van der Waals surface area contributed by atoms with Crippen LogP contribution in [0.3, 0.4) is 0 Å². The minimum atomic E-state index is -0.00325. The molecule has 1 aliphatic heterocycles. The third kappa shape index (κ3) is 2.50. The lowest BCUT2D eigenvalue weighted by molar-refractivity contribution is -0.154. The zero-order valence-electron chi connectivity index (χ0n) is 12.1. The fraction of sp³-hybridized carbons (Fsp3) is 0.875. The lowest BCUT2D eigenvalue weighted by Crippen LogP contribution is -2.49. The molecule has 2 unspecified atom stereocenters. The maximum Gasteiger partial charge on any atom is 0.229 e. The van der Waals surface area contributed by atoms with Crippen LogP contribution in [0.5, 0.6) is 0 Å². The monoisotopic (exact) mass is 279 g/mol. The van der Waals surface area contributed by atoms with Gasteiger partial charge in [0, 0.05) is 26.0 Å². The van der Waals surface area contributed by atoms with Gasteiger partial charge in [0.1, 0.15) is 0 Å². The van der Waals surface area contributed by atoms with Crippen molar-refractivity contribution in [3.63, 3.8) is 0 Å². The first-order valence-electron chi connectivity index (χ1n) is 8.08. The van der Waals surface area contributed by atoms with Crippen LogP contribution in [-0.4, -0.2) is 35.0 Å². The van der Waals surface area contributed by atoms with Crippen LogP contribution in [0, 0.1) is 17.3 Å². The number of aliphatic hydroxyl groups excluding tert-OH is 1. The van der Waals surface area contributed by atoms with Crippen LogP contribution in [0.2, 0.25) is 0 Å². The highest BCUT2D eigenvalue weighted by molar-refractivity contribution is 5.98. The van der Waals surface area contributed by atoms with Crippen LogP contribution in [0.15, 0.2) is 0 Å². The van der Waals surface area contributed by atoms with Gasteiger partial charge in [-0.3, -0.25) is 14.5 Å². The molecule has 0 bridgehead atoms. The molecule has 4 nitrogen and oxygen atoms in total. The van der Waals surface area contributed by atoms with Crippen molar-refractivity contribution >= 4 is 11.8 Å². The van der Waals surface area contributed by atoms with Gasteiger partial charge in [0.25, 0.3) is 0 Å². The van der Waals surface area contributed by atoms with Crippen molar-refractivity contribution in [3.05, 3.63) is 0 Å². The molecule has 1 heterocycles. The molecular formula is C16H25NO3. The Kier molecular flexibility index (Phi) is 3.85. The molecule has 2 amide bonds. The Morgan fingerprint density at radius 1 is 1.00 bits per heavy atom. The first-order chi connectivity index (χ1) is 9.63. The fourth-order valence-corrected chi connectivity index (χ4v) is 4.55. The normalized spacial score (nSPS) is 33.4. The largest absolute Gasteiger partial charge is 0.396 e. The molecule has 2 aliphatic carbocycles. The second-order valence-electron chi connectivity index (χ2n) is 7.09. The number of nitrogens with zero attached hydrogens (tertiary/aromatic N) is 1. The van der Waals surface area contributed by atoms with E-state index in [2.05, 4.69) is 0 Å². The minimum Gasteiger partial charge on any atom is -0.396 e. The number of carbonyl (C=O) groups excluding carboxylic acids is 2. The lowest BCUT2D eigenvalue weighted by atomic mass is 9.76. The second-order valence-corrected chi connectivity index (χ2v) is 7.09. The highest BCUT2D eigenvalue weighted by atomic mass is 16.3. The number of piperidine rings is 1. The average Bonchev–Trinajstić information content (AvgIpc) is 3.03. The topological polar surface area (TPSA) is 57.6 Å². The molecule has 112 valence electrons. The summed E-state index contributed by atoms with van der Waals surface area (Å²) in [6, 6.07) is 0. The standard InChI is InChI=1S/C16H25NO3/c18-11-13-5-3-4-12(13)10-17-14(19)8-16(9-15(17)20)6-1-2-7-16/h12-13,18H,1-11H2. The van der Waals surface area contributed by atoms with Crippen LogP contribution in [-0.2, 0) is 9.59 Å². The van der Waals surface area contributed by atoms with Gasteiger partial charge >= 0.3 is 0 Å². The summed E-state index contributed by atoms with van der Waals surface area (Å²) in [5.41, 5.74) is -0.00325. The number of likely N-dealkylation sites (tertiary alicyclic amines) is 1. The van der Waals surface area contributed by atoms with Crippen LogP contribution in [0.25, 0.3) is 0 Å². The predicted molar refractivity (Wildman–Crippen MR) is 74.8 cm³/mol. The first kappa shape index (κ1) is 14.1. The molecule has 3 aliphatic rings. The molecule has 0 radical (unpaired) electrons. The zero-order chi connectivity index (χ0) is 14.2. The molecule has 3 fully saturated rings. The van der Waals surface area contributed by atoms with E-state index >= 15 is 0 Å². The van der Waals surface area contributed by atoms with E-state index in [0.29, 0.717) is 25.3 Å². The third-order valence-electron chi connectivity index (χ3n) is 5.79. The molecule has 2 atom stereocenters. The lowest BCUT2D eigenvalue weighted by Gasteiger charge is -2.38. The highest BCUT2D eigenvalue weighted by Crippen LogP contribution is 2.47. The van der Waals surface area contributed by atoms with Gasteiger partial charge < -0.3 is 5.11 Å². The average molecular weight is 279 g/mol. The molecule has 0 aromatic rings. The number of carbonyl (C=O) groups is 2. The van der Waals surface area contributed by atoms with Crippen LogP contribution in [0.1, 0.15) is 57.8 Å². The van der Waals surface area contributed by atoms with E-state index in [0.717, 1.165) is 44.9 Å². The zero-order valence-corrected chi connectivity index (χ0v) is 12.1. The Morgan fingerprint density at radius 3 is 2.20 bits per heavy atom. The molecule has 0 aromatic heterocycles. The Hall–Kier alpha value is -0.900. The molecule has 1 saturated heterocycles.